The SMILES string of the molecule is CC1CCC2=C(C1)O2. The highest BCUT2D eigenvalue weighted by Crippen LogP contribution is 2.41. The lowest BCUT2D eigenvalue weighted by atomic mass is 9.97. The summed E-state index contributed by atoms with van der Waals surface area (Å²) < 4.78 is 5.18. The van der Waals surface area contributed by atoms with E-state index in [0.29, 0.717) is 0 Å². The second kappa shape index (κ2) is 1.28. The van der Waals surface area contributed by atoms with Gasteiger partial charge in [0, 0.05) is 12.8 Å². The predicted molar refractivity (Wildman–Crippen MR) is 31.1 cm³/mol. The molecular weight excluding hydrogens is 100 g/mol. The highest BCUT2D eigenvalue weighted by atomic mass is 16.6. The lowest BCUT2D eigenvalue weighted by molar-refractivity contribution is 0.451. The van der Waals surface area contributed by atoms with Gasteiger partial charge < -0.3 is 4.74 Å². The first-order chi connectivity index (χ1) is 3.86. The highest BCUT2D eigenvalue weighted by Gasteiger charge is 2.30. The van der Waals surface area contributed by atoms with E-state index in [0.717, 1.165) is 5.92 Å². The molecule has 1 heterocycles. The van der Waals surface area contributed by atoms with Gasteiger partial charge >= 0.3 is 0 Å². The predicted octanol–water partition coefficient (Wildman–Crippen LogP) is 2.05. The molecule has 0 amide bonds. The van der Waals surface area contributed by atoms with E-state index in [-0.39, 0.29) is 0 Å². The molecule has 1 nitrogen and oxygen atoms in total. The van der Waals surface area contributed by atoms with Crippen molar-refractivity contribution in [2.75, 3.05) is 0 Å². The Hall–Kier alpha value is -0.460. The topological polar surface area (TPSA) is 12.5 Å². The number of allylic oxidation sites excluding steroid dienone is 2. The summed E-state index contributed by atoms with van der Waals surface area (Å²) in [6.45, 7) is 2.28. The molecule has 1 aliphatic carbocycles. The Morgan fingerprint density at radius 1 is 1.50 bits per heavy atom. The maximum Gasteiger partial charge on any atom is 0.142 e. The zero-order valence-corrected chi connectivity index (χ0v) is 5.11. The van der Waals surface area contributed by atoms with E-state index in [1.807, 2.05) is 0 Å². The number of hydrogen-bond acceptors (Lipinski definition) is 1. The van der Waals surface area contributed by atoms with Crippen LogP contribution in [0.2, 0.25) is 0 Å². The second-order valence-electron chi connectivity index (χ2n) is 2.80. The molecule has 0 aromatic carbocycles. The minimum absolute atomic E-state index is 0.872. The van der Waals surface area contributed by atoms with Crippen LogP contribution in [-0.2, 0) is 4.74 Å². The Kier molecular flexibility index (Phi) is 0.706. The summed E-state index contributed by atoms with van der Waals surface area (Å²) >= 11 is 0. The van der Waals surface area contributed by atoms with Crippen LogP contribution in [0.1, 0.15) is 26.2 Å². The molecule has 0 radical (unpaired) electrons. The third-order valence-corrected chi connectivity index (χ3v) is 1.91. The van der Waals surface area contributed by atoms with Gasteiger partial charge in [0.05, 0.1) is 0 Å². The van der Waals surface area contributed by atoms with Crippen molar-refractivity contribution in [1.82, 2.24) is 0 Å². The quantitative estimate of drug-likeness (QED) is 0.465. The Balaban J connectivity index is 2.09. The lowest BCUT2D eigenvalue weighted by Gasteiger charge is -2.04. The smallest absolute Gasteiger partial charge is 0.142 e. The zero-order valence-electron chi connectivity index (χ0n) is 5.11. The molecule has 0 aromatic rings. The minimum Gasteiger partial charge on any atom is -0.459 e. The molecule has 0 N–H and O–H groups in total. The standard InChI is InChI=1S/C7H10O/c1-5-2-3-6-7(4-5)8-6/h5H,2-4H2,1H3. The molecule has 1 heteroatoms. The van der Waals surface area contributed by atoms with Crippen LogP contribution in [0.15, 0.2) is 11.5 Å². The van der Waals surface area contributed by atoms with E-state index in [9.17, 15) is 0 Å². The molecule has 2 rings (SSSR count). The van der Waals surface area contributed by atoms with Crippen LogP contribution in [0.5, 0.6) is 0 Å². The molecule has 0 saturated carbocycles. The number of hydrogen-bond donors (Lipinski definition) is 0. The van der Waals surface area contributed by atoms with Gasteiger partial charge in [-0.25, -0.2) is 0 Å². The zero-order chi connectivity index (χ0) is 5.56. The normalized spacial score (nSPS) is 33.9. The first-order valence-corrected chi connectivity index (χ1v) is 3.26. The van der Waals surface area contributed by atoms with E-state index in [1.54, 1.807) is 0 Å². The average molecular weight is 110 g/mol. The molecule has 2 aliphatic rings. The van der Waals surface area contributed by atoms with Crippen molar-refractivity contribution in [3.8, 4) is 0 Å². The number of rotatable bonds is 0. The van der Waals surface area contributed by atoms with Gasteiger partial charge in [0.2, 0.25) is 0 Å². The first-order valence-electron chi connectivity index (χ1n) is 3.26. The second-order valence-corrected chi connectivity index (χ2v) is 2.80. The molecule has 1 aliphatic heterocycles. The van der Waals surface area contributed by atoms with Gasteiger partial charge in [-0.3, -0.25) is 0 Å². The van der Waals surface area contributed by atoms with Crippen molar-refractivity contribution < 1.29 is 4.74 Å². The summed E-state index contributed by atoms with van der Waals surface area (Å²) in [4.78, 5) is 0. The van der Waals surface area contributed by atoms with Crippen LogP contribution >= 0.6 is 0 Å². The Morgan fingerprint density at radius 3 is 3.00 bits per heavy atom. The summed E-state index contributed by atoms with van der Waals surface area (Å²) in [5, 5.41) is 0. The summed E-state index contributed by atoms with van der Waals surface area (Å²) in [6, 6.07) is 0. The van der Waals surface area contributed by atoms with E-state index in [1.165, 1.54) is 30.8 Å². The van der Waals surface area contributed by atoms with Crippen LogP contribution in [0.4, 0.5) is 0 Å². The fourth-order valence-electron chi connectivity index (χ4n) is 1.27. The van der Waals surface area contributed by atoms with Gasteiger partial charge in [-0.2, -0.15) is 0 Å². The van der Waals surface area contributed by atoms with E-state index in [4.69, 9.17) is 4.74 Å². The van der Waals surface area contributed by atoms with Gasteiger partial charge in [-0.15, -0.1) is 0 Å². The molecular formula is C7H10O. The maximum absolute atomic E-state index is 5.18. The highest BCUT2D eigenvalue weighted by molar-refractivity contribution is 5.20. The van der Waals surface area contributed by atoms with Crippen LogP contribution < -0.4 is 0 Å². The fourth-order valence-corrected chi connectivity index (χ4v) is 1.27. The number of ether oxygens (including phenoxy) is 1. The van der Waals surface area contributed by atoms with E-state index in [2.05, 4.69) is 6.92 Å². The monoisotopic (exact) mass is 110 g/mol. The van der Waals surface area contributed by atoms with Crippen LogP contribution in [-0.4, -0.2) is 0 Å². The van der Waals surface area contributed by atoms with Crippen molar-refractivity contribution in [3.63, 3.8) is 0 Å². The Morgan fingerprint density at radius 2 is 2.38 bits per heavy atom. The molecule has 0 saturated heterocycles. The third-order valence-electron chi connectivity index (χ3n) is 1.91. The third kappa shape index (κ3) is 0.540. The summed E-state index contributed by atoms with van der Waals surface area (Å²) in [6.07, 6.45) is 3.74. The van der Waals surface area contributed by atoms with Crippen molar-refractivity contribution in [2.45, 2.75) is 26.2 Å². The lowest BCUT2D eigenvalue weighted by Crippen LogP contribution is -1.94. The Labute approximate surface area is 49.3 Å². The summed E-state index contributed by atoms with van der Waals surface area (Å²) in [7, 11) is 0. The average Bonchev–Trinajstić information content (AvgIpc) is 2.43. The van der Waals surface area contributed by atoms with Crippen molar-refractivity contribution in [1.29, 1.82) is 0 Å². The maximum atomic E-state index is 5.18. The van der Waals surface area contributed by atoms with Gasteiger partial charge in [-0.05, 0) is 12.3 Å². The summed E-state index contributed by atoms with van der Waals surface area (Å²) in [5.74, 6) is 3.46. The van der Waals surface area contributed by atoms with Crippen molar-refractivity contribution in [3.05, 3.63) is 11.5 Å². The molecule has 44 valence electrons. The minimum atomic E-state index is 0.872. The molecule has 0 fully saturated rings. The molecule has 8 heavy (non-hydrogen) atoms. The van der Waals surface area contributed by atoms with Crippen molar-refractivity contribution >= 4 is 0 Å². The van der Waals surface area contributed by atoms with Gasteiger partial charge in [-0.1, -0.05) is 6.92 Å². The van der Waals surface area contributed by atoms with Crippen LogP contribution in [0.25, 0.3) is 0 Å². The largest absolute Gasteiger partial charge is 0.459 e. The summed E-state index contributed by atoms with van der Waals surface area (Å²) in [5.41, 5.74) is 0. The van der Waals surface area contributed by atoms with Gasteiger partial charge in [0.15, 0.2) is 0 Å². The van der Waals surface area contributed by atoms with E-state index >= 15 is 0 Å². The fraction of sp³-hybridized carbons (Fsp3) is 0.714. The van der Waals surface area contributed by atoms with Crippen LogP contribution in [0.3, 0.4) is 0 Å². The van der Waals surface area contributed by atoms with Gasteiger partial charge in [0.25, 0.3) is 0 Å². The molecule has 1 unspecified atom stereocenters. The molecule has 0 aromatic heterocycles. The van der Waals surface area contributed by atoms with E-state index < -0.39 is 0 Å². The van der Waals surface area contributed by atoms with Crippen molar-refractivity contribution in [2.24, 2.45) is 5.92 Å². The first kappa shape index (κ1) is 4.42. The molecule has 1 atom stereocenters. The van der Waals surface area contributed by atoms with Gasteiger partial charge in [0.1, 0.15) is 11.5 Å². The molecule has 0 spiro atoms. The van der Waals surface area contributed by atoms with Crippen LogP contribution in [0, 0.1) is 5.92 Å². The Bertz CT molecular complexity index is 146. The molecule has 0 bridgehead atoms.